The second-order valence-electron chi connectivity index (χ2n) is 6.82. The molecule has 1 aromatic carbocycles. The Morgan fingerprint density at radius 2 is 1.76 bits per heavy atom. The number of rotatable bonds is 4. The third-order valence-electron chi connectivity index (χ3n) is 5.19. The third kappa shape index (κ3) is 4.12. The van der Waals surface area contributed by atoms with Crippen molar-refractivity contribution >= 4 is 11.8 Å². The number of amides is 2. The summed E-state index contributed by atoms with van der Waals surface area (Å²) in [6.45, 7) is 6.35. The topological polar surface area (TPSA) is 53.1 Å². The Morgan fingerprint density at radius 3 is 2.36 bits per heavy atom. The number of carbonyl (C=O) groups is 2. The number of methoxy groups -OCH3 is 1. The van der Waals surface area contributed by atoms with Gasteiger partial charge in [-0.15, -0.1) is 0 Å². The molecule has 25 heavy (non-hydrogen) atoms. The van der Waals surface area contributed by atoms with Gasteiger partial charge >= 0.3 is 0 Å². The Hall–Kier alpha value is -2.08. The van der Waals surface area contributed by atoms with Gasteiger partial charge in [-0.2, -0.15) is 0 Å². The first-order valence-corrected chi connectivity index (χ1v) is 9.00. The van der Waals surface area contributed by atoms with Crippen LogP contribution in [0.15, 0.2) is 24.3 Å². The molecule has 136 valence electrons. The Morgan fingerprint density at radius 1 is 1.08 bits per heavy atom. The van der Waals surface area contributed by atoms with Crippen molar-refractivity contribution in [2.24, 2.45) is 0 Å². The van der Waals surface area contributed by atoms with Gasteiger partial charge in [-0.25, -0.2) is 0 Å². The average molecular weight is 345 g/mol. The van der Waals surface area contributed by atoms with Crippen LogP contribution in [0.1, 0.15) is 25.3 Å². The van der Waals surface area contributed by atoms with E-state index in [1.54, 1.807) is 18.9 Å². The lowest BCUT2D eigenvalue weighted by atomic mass is 10.1. The lowest BCUT2D eigenvalue weighted by Crippen LogP contribution is -2.54. The number of likely N-dealkylation sites (tertiary alicyclic amines) is 1. The van der Waals surface area contributed by atoms with Crippen molar-refractivity contribution in [3.05, 3.63) is 29.8 Å². The fourth-order valence-electron chi connectivity index (χ4n) is 3.73. The van der Waals surface area contributed by atoms with Gasteiger partial charge in [0.2, 0.25) is 11.8 Å². The third-order valence-corrected chi connectivity index (χ3v) is 5.19. The minimum atomic E-state index is -0.245. The summed E-state index contributed by atoms with van der Waals surface area (Å²) >= 11 is 0. The molecule has 1 atom stereocenters. The number of benzene rings is 1. The van der Waals surface area contributed by atoms with E-state index in [1.807, 2.05) is 17.0 Å². The quantitative estimate of drug-likeness (QED) is 0.827. The van der Waals surface area contributed by atoms with Gasteiger partial charge in [0.05, 0.1) is 7.11 Å². The van der Waals surface area contributed by atoms with Crippen molar-refractivity contribution in [2.75, 3.05) is 39.8 Å². The summed E-state index contributed by atoms with van der Waals surface area (Å²) in [5.74, 6) is 0.997. The van der Waals surface area contributed by atoms with Crippen molar-refractivity contribution in [3.8, 4) is 5.75 Å². The maximum Gasteiger partial charge on any atom is 0.245 e. The predicted molar refractivity (Wildman–Crippen MR) is 95.3 cm³/mol. The fraction of sp³-hybridized carbons (Fsp3) is 0.579. The van der Waals surface area contributed by atoms with Crippen LogP contribution in [-0.2, 0) is 16.1 Å². The molecule has 0 N–H and O–H groups in total. The molecule has 1 unspecified atom stereocenters. The molecule has 2 amide bonds. The molecule has 0 aliphatic carbocycles. The molecule has 0 spiro atoms. The standard InChI is InChI=1S/C19H27N3O3/c1-15(23)22-9-3-4-18(22)19(24)21-12-10-20(11-13-21)14-16-5-7-17(25-2)8-6-16/h5-8,18H,3-4,9-14H2,1-2H3. The molecule has 6 heteroatoms. The van der Waals surface area contributed by atoms with E-state index < -0.39 is 0 Å². The highest BCUT2D eigenvalue weighted by Gasteiger charge is 2.35. The van der Waals surface area contributed by atoms with Crippen molar-refractivity contribution in [3.63, 3.8) is 0 Å². The number of ether oxygens (including phenoxy) is 1. The fourth-order valence-corrected chi connectivity index (χ4v) is 3.73. The molecule has 2 fully saturated rings. The minimum Gasteiger partial charge on any atom is -0.497 e. The lowest BCUT2D eigenvalue weighted by Gasteiger charge is -2.37. The number of piperazine rings is 1. The van der Waals surface area contributed by atoms with Gasteiger partial charge < -0.3 is 14.5 Å². The average Bonchev–Trinajstić information content (AvgIpc) is 3.12. The number of hydrogen-bond donors (Lipinski definition) is 0. The minimum absolute atomic E-state index is 0.00833. The van der Waals surface area contributed by atoms with Gasteiger partial charge in [0.15, 0.2) is 0 Å². The highest BCUT2D eigenvalue weighted by atomic mass is 16.5. The lowest BCUT2D eigenvalue weighted by molar-refractivity contribution is -0.144. The van der Waals surface area contributed by atoms with E-state index in [9.17, 15) is 9.59 Å². The highest BCUT2D eigenvalue weighted by Crippen LogP contribution is 2.21. The highest BCUT2D eigenvalue weighted by molar-refractivity contribution is 5.87. The summed E-state index contributed by atoms with van der Waals surface area (Å²) < 4.78 is 5.19. The summed E-state index contributed by atoms with van der Waals surface area (Å²) in [6, 6.07) is 7.88. The molecule has 2 saturated heterocycles. The Bertz CT molecular complexity index is 609. The smallest absolute Gasteiger partial charge is 0.245 e. The summed E-state index contributed by atoms with van der Waals surface area (Å²) in [5.41, 5.74) is 1.25. The van der Waals surface area contributed by atoms with Crippen LogP contribution in [0.25, 0.3) is 0 Å². The molecule has 0 bridgehead atoms. The summed E-state index contributed by atoms with van der Waals surface area (Å²) in [5, 5.41) is 0. The Kier molecular flexibility index (Phi) is 5.58. The first kappa shape index (κ1) is 17.7. The van der Waals surface area contributed by atoms with Crippen molar-refractivity contribution < 1.29 is 14.3 Å². The maximum atomic E-state index is 12.8. The van der Waals surface area contributed by atoms with Gasteiger partial charge in [-0.3, -0.25) is 14.5 Å². The van der Waals surface area contributed by atoms with E-state index in [4.69, 9.17) is 4.74 Å². The zero-order valence-corrected chi connectivity index (χ0v) is 15.1. The van der Waals surface area contributed by atoms with Gasteiger partial charge in [0.25, 0.3) is 0 Å². The largest absolute Gasteiger partial charge is 0.497 e. The zero-order valence-electron chi connectivity index (χ0n) is 15.1. The van der Waals surface area contributed by atoms with Crippen molar-refractivity contribution in [1.29, 1.82) is 0 Å². The molecule has 0 aromatic heterocycles. The van der Waals surface area contributed by atoms with Crippen LogP contribution in [0, 0.1) is 0 Å². The number of nitrogens with zero attached hydrogens (tertiary/aromatic N) is 3. The van der Waals surface area contributed by atoms with Crippen LogP contribution in [0.3, 0.4) is 0 Å². The van der Waals surface area contributed by atoms with Crippen LogP contribution in [0.4, 0.5) is 0 Å². The first-order valence-electron chi connectivity index (χ1n) is 9.00. The van der Waals surface area contributed by atoms with Crippen LogP contribution in [0.2, 0.25) is 0 Å². The zero-order chi connectivity index (χ0) is 17.8. The maximum absolute atomic E-state index is 12.8. The van der Waals surface area contributed by atoms with Crippen molar-refractivity contribution in [1.82, 2.24) is 14.7 Å². The van der Waals surface area contributed by atoms with Crippen LogP contribution in [0.5, 0.6) is 5.75 Å². The molecule has 1 aromatic rings. The molecule has 0 saturated carbocycles. The van der Waals surface area contributed by atoms with Gasteiger partial charge in [-0.1, -0.05) is 12.1 Å². The second kappa shape index (κ2) is 7.87. The molecule has 2 aliphatic rings. The van der Waals surface area contributed by atoms with Crippen LogP contribution in [-0.4, -0.2) is 72.4 Å². The molecular weight excluding hydrogens is 318 g/mol. The number of carbonyl (C=O) groups excluding carboxylic acids is 2. The van der Waals surface area contributed by atoms with Crippen LogP contribution >= 0.6 is 0 Å². The molecule has 6 nitrogen and oxygen atoms in total. The number of hydrogen-bond acceptors (Lipinski definition) is 4. The second-order valence-corrected chi connectivity index (χ2v) is 6.82. The summed E-state index contributed by atoms with van der Waals surface area (Å²) in [4.78, 5) is 30.5. The Balaban J connectivity index is 1.51. The Labute approximate surface area is 149 Å². The van der Waals surface area contributed by atoms with E-state index in [-0.39, 0.29) is 17.9 Å². The van der Waals surface area contributed by atoms with E-state index in [1.165, 1.54) is 5.56 Å². The molecule has 2 aliphatic heterocycles. The van der Waals surface area contributed by atoms with Gasteiger partial charge in [-0.05, 0) is 30.5 Å². The van der Waals surface area contributed by atoms with E-state index in [0.717, 1.165) is 51.3 Å². The summed E-state index contributed by atoms with van der Waals surface area (Å²) in [7, 11) is 1.67. The SMILES string of the molecule is COc1ccc(CN2CCN(C(=O)C3CCCN3C(C)=O)CC2)cc1. The summed E-state index contributed by atoms with van der Waals surface area (Å²) in [6.07, 6.45) is 1.72. The van der Waals surface area contributed by atoms with E-state index in [0.29, 0.717) is 6.54 Å². The monoisotopic (exact) mass is 345 g/mol. The van der Waals surface area contributed by atoms with Crippen molar-refractivity contribution in [2.45, 2.75) is 32.4 Å². The molecular formula is C19H27N3O3. The van der Waals surface area contributed by atoms with Crippen LogP contribution < -0.4 is 4.74 Å². The molecule has 3 rings (SSSR count). The van der Waals surface area contributed by atoms with Gasteiger partial charge in [0.1, 0.15) is 11.8 Å². The molecule has 2 heterocycles. The van der Waals surface area contributed by atoms with E-state index in [2.05, 4.69) is 17.0 Å². The predicted octanol–water partition coefficient (Wildman–Crippen LogP) is 1.35. The molecule has 0 radical (unpaired) electrons. The normalized spacial score (nSPS) is 21.4. The van der Waals surface area contributed by atoms with E-state index >= 15 is 0 Å². The van der Waals surface area contributed by atoms with Gasteiger partial charge in [0, 0.05) is 46.2 Å². The first-order chi connectivity index (χ1) is 12.1.